The third-order valence-corrected chi connectivity index (χ3v) is 2.92. The van der Waals surface area contributed by atoms with Crippen molar-refractivity contribution in [2.75, 3.05) is 18.5 Å². The van der Waals surface area contributed by atoms with E-state index >= 15 is 0 Å². The number of ether oxygens (including phenoxy) is 1. The molecule has 0 amide bonds. The molecule has 4 nitrogen and oxygen atoms in total. The van der Waals surface area contributed by atoms with Gasteiger partial charge in [0.15, 0.2) is 5.82 Å². The number of halogens is 1. The van der Waals surface area contributed by atoms with Crippen LogP contribution in [-0.4, -0.2) is 23.1 Å². The first-order valence-electron chi connectivity index (χ1n) is 5.42. The summed E-state index contributed by atoms with van der Waals surface area (Å²) in [5, 5.41) is 3.22. The summed E-state index contributed by atoms with van der Waals surface area (Å²) in [6, 6.07) is 0. The van der Waals surface area contributed by atoms with E-state index in [0.29, 0.717) is 12.4 Å². The molecule has 1 aromatic heterocycles. The Bertz CT molecular complexity index is 355. The van der Waals surface area contributed by atoms with Crippen LogP contribution in [0.25, 0.3) is 0 Å². The molecule has 5 heteroatoms. The van der Waals surface area contributed by atoms with Crippen LogP contribution in [0.4, 0.5) is 5.82 Å². The third-order valence-electron chi connectivity index (χ3n) is 2.13. The summed E-state index contributed by atoms with van der Waals surface area (Å²) >= 11 is 2.22. The second-order valence-electron chi connectivity index (χ2n) is 3.86. The maximum Gasteiger partial charge on any atom is 0.162 e. The highest BCUT2D eigenvalue weighted by Crippen LogP contribution is 2.23. The van der Waals surface area contributed by atoms with Gasteiger partial charge >= 0.3 is 0 Å². The van der Waals surface area contributed by atoms with Gasteiger partial charge in [0, 0.05) is 19.3 Å². The number of rotatable bonds is 5. The minimum Gasteiger partial charge on any atom is -0.369 e. The number of aromatic nitrogens is 2. The summed E-state index contributed by atoms with van der Waals surface area (Å²) in [6.45, 7) is 9.48. The van der Waals surface area contributed by atoms with E-state index in [1.807, 2.05) is 33.9 Å². The zero-order valence-corrected chi connectivity index (χ0v) is 12.3. The van der Waals surface area contributed by atoms with Gasteiger partial charge in [-0.2, -0.15) is 0 Å². The summed E-state index contributed by atoms with van der Waals surface area (Å²) in [7, 11) is 0. The monoisotopic (exact) mass is 335 g/mol. The number of nitrogens with one attached hydrogen (secondary N) is 1. The topological polar surface area (TPSA) is 47.0 Å². The third kappa shape index (κ3) is 3.28. The van der Waals surface area contributed by atoms with Crippen LogP contribution in [-0.2, 0) is 10.3 Å². The normalized spacial score (nSPS) is 11.6. The van der Waals surface area contributed by atoms with Crippen LogP contribution in [0.1, 0.15) is 33.5 Å². The van der Waals surface area contributed by atoms with Crippen molar-refractivity contribution in [3.63, 3.8) is 0 Å². The molecule has 0 spiro atoms. The molecular formula is C11H18IN3O. The Labute approximate surface area is 110 Å². The van der Waals surface area contributed by atoms with E-state index in [4.69, 9.17) is 4.74 Å². The van der Waals surface area contributed by atoms with E-state index in [1.54, 1.807) is 0 Å². The van der Waals surface area contributed by atoms with Crippen molar-refractivity contribution in [1.29, 1.82) is 0 Å². The molecule has 1 N–H and O–H groups in total. The standard InChI is InChI=1S/C11H18IN3O/c1-5-13-9-8(12)7-14-10(15-9)11(3,4)16-6-2/h7H,5-6H2,1-4H3,(H,13,14,15). The van der Waals surface area contributed by atoms with Crippen molar-refractivity contribution in [3.8, 4) is 0 Å². The highest BCUT2D eigenvalue weighted by atomic mass is 127. The minimum atomic E-state index is -0.441. The molecule has 0 aliphatic carbocycles. The maximum absolute atomic E-state index is 5.63. The fraction of sp³-hybridized carbons (Fsp3) is 0.636. The molecule has 0 bridgehead atoms. The zero-order valence-electron chi connectivity index (χ0n) is 10.2. The lowest BCUT2D eigenvalue weighted by Crippen LogP contribution is -2.25. The van der Waals surface area contributed by atoms with Crippen molar-refractivity contribution in [1.82, 2.24) is 9.97 Å². The lowest BCUT2D eigenvalue weighted by molar-refractivity contribution is -0.0207. The van der Waals surface area contributed by atoms with Gasteiger partial charge in [0.25, 0.3) is 0 Å². The van der Waals surface area contributed by atoms with Crippen molar-refractivity contribution in [2.45, 2.75) is 33.3 Å². The lowest BCUT2D eigenvalue weighted by atomic mass is 10.1. The maximum atomic E-state index is 5.63. The van der Waals surface area contributed by atoms with Crippen molar-refractivity contribution in [2.24, 2.45) is 0 Å². The van der Waals surface area contributed by atoms with Crippen LogP contribution >= 0.6 is 22.6 Å². The molecule has 0 radical (unpaired) electrons. The van der Waals surface area contributed by atoms with Crippen molar-refractivity contribution < 1.29 is 4.74 Å². The number of anilines is 1. The highest BCUT2D eigenvalue weighted by Gasteiger charge is 2.24. The average Bonchev–Trinajstić information content (AvgIpc) is 2.21. The van der Waals surface area contributed by atoms with E-state index in [-0.39, 0.29) is 0 Å². The number of nitrogens with zero attached hydrogens (tertiary/aromatic N) is 2. The zero-order chi connectivity index (χ0) is 12.2. The Kier molecular flexibility index (Phi) is 4.91. The molecule has 0 aromatic carbocycles. The van der Waals surface area contributed by atoms with Crippen LogP contribution in [0.5, 0.6) is 0 Å². The Morgan fingerprint density at radius 3 is 2.69 bits per heavy atom. The molecule has 16 heavy (non-hydrogen) atoms. The predicted octanol–water partition coefficient (Wildman–Crippen LogP) is 2.78. The minimum absolute atomic E-state index is 0.441. The molecule has 0 atom stereocenters. The Morgan fingerprint density at radius 2 is 2.12 bits per heavy atom. The van der Waals surface area contributed by atoms with Gasteiger partial charge in [-0.15, -0.1) is 0 Å². The molecule has 0 unspecified atom stereocenters. The molecule has 0 fully saturated rings. The largest absolute Gasteiger partial charge is 0.369 e. The van der Waals surface area contributed by atoms with Gasteiger partial charge in [-0.25, -0.2) is 9.97 Å². The van der Waals surface area contributed by atoms with Gasteiger partial charge in [-0.1, -0.05) is 0 Å². The first kappa shape index (κ1) is 13.6. The summed E-state index contributed by atoms with van der Waals surface area (Å²) in [5.41, 5.74) is -0.441. The molecule has 0 saturated heterocycles. The van der Waals surface area contributed by atoms with E-state index in [2.05, 4.69) is 37.9 Å². The predicted molar refractivity (Wildman–Crippen MR) is 73.6 cm³/mol. The van der Waals surface area contributed by atoms with Crippen molar-refractivity contribution >= 4 is 28.4 Å². The van der Waals surface area contributed by atoms with Gasteiger partial charge in [0.05, 0.1) is 3.57 Å². The van der Waals surface area contributed by atoms with Crippen LogP contribution in [0.3, 0.4) is 0 Å². The lowest BCUT2D eigenvalue weighted by Gasteiger charge is -2.23. The Hall–Kier alpha value is -0.430. The molecular weight excluding hydrogens is 317 g/mol. The molecule has 1 heterocycles. The van der Waals surface area contributed by atoms with Crippen LogP contribution < -0.4 is 5.32 Å². The summed E-state index contributed by atoms with van der Waals surface area (Å²) in [5.74, 6) is 1.59. The van der Waals surface area contributed by atoms with E-state index in [9.17, 15) is 0 Å². The fourth-order valence-electron chi connectivity index (χ4n) is 1.37. The molecule has 1 aromatic rings. The number of hydrogen-bond donors (Lipinski definition) is 1. The number of hydrogen-bond acceptors (Lipinski definition) is 4. The molecule has 90 valence electrons. The Morgan fingerprint density at radius 1 is 1.44 bits per heavy atom. The molecule has 0 aliphatic rings. The molecule has 0 saturated carbocycles. The average molecular weight is 335 g/mol. The smallest absolute Gasteiger partial charge is 0.162 e. The van der Waals surface area contributed by atoms with Gasteiger partial charge in [-0.3, -0.25) is 0 Å². The molecule has 1 rings (SSSR count). The summed E-state index contributed by atoms with van der Waals surface area (Å²) in [6.07, 6.45) is 1.82. The SMILES string of the molecule is CCNc1nc(C(C)(C)OCC)ncc1I. The molecule has 0 aliphatic heterocycles. The van der Waals surface area contributed by atoms with Crippen molar-refractivity contribution in [3.05, 3.63) is 15.6 Å². The van der Waals surface area contributed by atoms with Gasteiger partial charge in [-0.05, 0) is 50.3 Å². The first-order valence-corrected chi connectivity index (χ1v) is 6.50. The Balaban J connectivity index is 3.01. The van der Waals surface area contributed by atoms with Crippen LogP contribution in [0.15, 0.2) is 6.20 Å². The van der Waals surface area contributed by atoms with E-state index in [0.717, 1.165) is 15.9 Å². The highest BCUT2D eigenvalue weighted by molar-refractivity contribution is 14.1. The fourth-order valence-corrected chi connectivity index (χ4v) is 1.82. The van der Waals surface area contributed by atoms with Crippen LogP contribution in [0, 0.1) is 3.57 Å². The summed E-state index contributed by atoms with van der Waals surface area (Å²) < 4.78 is 6.66. The van der Waals surface area contributed by atoms with E-state index < -0.39 is 5.60 Å². The van der Waals surface area contributed by atoms with E-state index in [1.165, 1.54) is 0 Å². The van der Waals surface area contributed by atoms with Gasteiger partial charge in [0.1, 0.15) is 11.4 Å². The second kappa shape index (κ2) is 5.77. The van der Waals surface area contributed by atoms with Gasteiger partial charge < -0.3 is 10.1 Å². The van der Waals surface area contributed by atoms with Gasteiger partial charge in [0.2, 0.25) is 0 Å². The van der Waals surface area contributed by atoms with Crippen LogP contribution in [0.2, 0.25) is 0 Å². The second-order valence-corrected chi connectivity index (χ2v) is 5.03. The first-order chi connectivity index (χ1) is 7.51. The quantitative estimate of drug-likeness (QED) is 0.841. The summed E-state index contributed by atoms with van der Waals surface area (Å²) in [4.78, 5) is 8.83.